The summed E-state index contributed by atoms with van der Waals surface area (Å²) >= 11 is 0. The molecule has 2 atom stereocenters. The Balaban J connectivity index is 1.95. The zero-order chi connectivity index (χ0) is 15.4. The van der Waals surface area contributed by atoms with Crippen molar-refractivity contribution in [2.45, 2.75) is 44.8 Å². The number of hydrogen-bond acceptors (Lipinski definition) is 3. The van der Waals surface area contributed by atoms with Gasteiger partial charge in [0.1, 0.15) is 0 Å². The predicted octanol–water partition coefficient (Wildman–Crippen LogP) is 2.87. The molecule has 1 aromatic carbocycles. The van der Waals surface area contributed by atoms with E-state index in [9.17, 15) is 5.11 Å². The molecule has 1 N–H and O–H groups in total. The molecule has 1 saturated heterocycles. The van der Waals surface area contributed by atoms with Crippen molar-refractivity contribution >= 4 is 0 Å². The van der Waals surface area contributed by atoms with E-state index in [4.69, 9.17) is 0 Å². The second kappa shape index (κ2) is 7.39. The number of hydrogen-bond donors (Lipinski definition) is 1. The molecule has 1 aliphatic heterocycles. The van der Waals surface area contributed by atoms with Crippen molar-refractivity contribution in [1.29, 1.82) is 0 Å². The van der Waals surface area contributed by atoms with E-state index in [1.54, 1.807) is 0 Å². The van der Waals surface area contributed by atoms with Gasteiger partial charge in [0.05, 0.1) is 6.10 Å². The van der Waals surface area contributed by atoms with E-state index >= 15 is 0 Å². The highest BCUT2D eigenvalue weighted by molar-refractivity contribution is 5.26. The fraction of sp³-hybridized carbons (Fsp3) is 0.667. The smallest absolute Gasteiger partial charge is 0.0917 e. The summed E-state index contributed by atoms with van der Waals surface area (Å²) in [5.74, 6) is 0.541. The first kappa shape index (κ1) is 16.5. The Morgan fingerprint density at radius 1 is 1.19 bits per heavy atom. The molecule has 1 aliphatic rings. The third-order valence-corrected chi connectivity index (χ3v) is 4.47. The van der Waals surface area contributed by atoms with E-state index in [1.807, 2.05) is 0 Å². The fourth-order valence-electron chi connectivity index (χ4n) is 3.19. The van der Waals surface area contributed by atoms with Crippen LogP contribution in [-0.4, -0.2) is 54.7 Å². The Kier molecular flexibility index (Phi) is 5.80. The molecule has 0 spiro atoms. The number of aliphatic hydroxyl groups excluding tert-OH is 1. The summed E-state index contributed by atoms with van der Waals surface area (Å²) in [7, 11) is 4.25. The molecule has 3 heteroatoms. The number of β-amino-alcohol motifs (C(OH)–C–C–N with tert-alkyl or cyclic N) is 1. The molecule has 1 fully saturated rings. The van der Waals surface area contributed by atoms with Crippen molar-refractivity contribution in [1.82, 2.24) is 9.80 Å². The highest BCUT2D eigenvalue weighted by atomic mass is 16.3. The van der Waals surface area contributed by atoms with Gasteiger partial charge >= 0.3 is 0 Å². The lowest BCUT2D eigenvalue weighted by Gasteiger charge is -2.29. The van der Waals surface area contributed by atoms with Gasteiger partial charge in [-0.3, -0.25) is 4.90 Å². The van der Waals surface area contributed by atoms with Crippen molar-refractivity contribution in [3.05, 3.63) is 35.4 Å². The Hall–Kier alpha value is -0.900. The van der Waals surface area contributed by atoms with E-state index in [1.165, 1.54) is 18.4 Å². The van der Waals surface area contributed by atoms with Gasteiger partial charge in [-0.1, -0.05) is 38.1 Å². The zero-order valence-corrected chi connectivity index (χ0v) is 13.9. The average Bonchev–Trinajstić information content (AvgIpc) is 2.85. The van der Waals surface area contributed by atoms with Gasteiger partial charge in [0, 0.05) is 19.1 Å². The van der Waals surface area contributed by atoms with Crippen molar-refractivity contribution in [3.8, 4) is 0 Å². The Bertz CT molecular complexity index is 427. The quantitative estimate of drug-likeness (QED) is 0.873. The van der Waals surface area contributed by atoms with Crippen LogP contribution in [0.15, 0.2) is 24.3 Å². The maximum atomic E-state index is 10.5. The molecule has 1 aromatic rings. The molecule has 0 radical (unpaired) electrons. The summed E-state index contributed by atoms with van der Waals surface area (Å²) in [6.07, 6.45) is 2.11. The van der Waals surface area contributed by atoms with Crippen LogP contribution < -0.4 is 0 Å². The molecule has 2 rings (SSSR count). The van der Waals surface area contributed by atoms with Crippen molar-refractivity contribution in [3.63, 3.8) is 0 Å². The lowest BCUT2D eigenvalue weighted by atomic mass is 10.00. The van der Waals surface area contributed by atoms with E-state index in [2.05, 4.69) is 62.0 Å². The van der Waals surface area contributed by atoms with Crippen LogP contribution in [0.5, 0.6) is 0 Å². The molecule has 0 aromatic heterocycles. The number of likely N-dealkylation sites (tertiary alicyclic amines) is 1. The van der Waals surface area contributed by atoms with Crippen LogP contribution >= 0.6 is 0 Å². The third-order valence-electron chi connectivity index (χ3n) is 4.47. The van der Waals surface area contributed by atoms with Gasteiger partial charge in [-0.2, -0.15) is 0 Å². The van der Waals surface area contributed by atoms with E-state index < -0.39 is 0 Å². The minimum absolute atomic E-state index is 0.381. The van der Waals surface area contributed by atoms with Crippen LogP contribution in [0.1, 0.15) is 49.8 Å². The van der Waals surface area contributed by atoms with Crippen LogP contribution in [-0.2, 0) is 0 Å². The van der Waals surface area contributed by atoms with Crippen LogP contribution in [0.4, 0.5) is 0 Å². The minimum Gasteiger partial charge on any atom is -0.387 e. The third kappa shape index (κ3) is 4.53. The van der Waals surface area contributed by atoms with Crippen LogP contribution in [0.3, 0.4) is 0 Å². The lowest BCUT2D eigenvalue weighted by molar-refractivity contribution is 0.0980. The maximum Gasteiger partial charge on any atom is 0.0917 e. The molecule has 2 unspecified atom stereocenters. The number of benzene rings is 1. The molecular weight excluding hydrogens is 260 g/mol. The molecule has 118 valence electrons. The first-order valence-electron chi connectivity index (χ1n) is 8.14. The fourth-order valence-corrected chi connectivity index (χ4v) is 3.19. The van der Waals surface area contributed by atoms with Crippen LogP contribution in [0, 0.1) is 0 Å². The van der Waals surface area contributed by atoms with Gasteiger partial charge in [-0.05, 0) is 50.5 Å². The SMILES string of the molecule is CC(C)c1ccc(C(O)CN2CCCC2CN(C)C)cc1. The normalized spacial score (nSPS) is 21.4. The van der Waals surface area contributed by atoms with Crippen molar-refractivity contribution < 1.29 is 5.11 Å². The molecule has 21 heavy (non-hydrogen) atoms. The second-order valence-corrected chi connectivity index (χ2v) is 6.89. The molecular formula is C18H30N2O. The average molecular weight is 290 g/mol. The molecule has 1 heterocycles. The van der Waals surface area contributed by atoms with Gasteiger partial charge in [-0.15, -0.1) is 0 Å². The second-order valence-electron chi connectivity index (χ2n) is 6.89. The molecule has 3 nitrogen and oxygen atoms in total. The Morgan fingerprint density at radius 3 is 2.38 bits per heavy atom. The number of rotatable bonds is 6. The molecule has 0 bridgehead atoms. The molecule has 0 saturated carbocycles. The first-order valence-corrected chi connectivity index (χ1v) is 8.14. The molecule has 0 amide bonds. The standard InChI is InChI=1S/C18H30N2O/c1-14(2)15-7-9-16(10-8-15)18(21)13-20-11-5-6-17(20)12-19(3)4/h7-10,14,17-18,21H,5-6,11-13H2,1-4H3. The topological polar surface area (TPSA) is 26.7 Å². The summed E-state index contributed by atoms with van der Waals surface area (Å²) in [6, 6.07) is 9.04. The van der Waals surface area contributed by atoms with E-state index in [-0.39, 0.29) is 6.10 Å². The highest BCUT2D eigenvalue weighted by Crippen LogP contribution is 2.23. The summed E-state index contributed by atoms with van der Waals surface area (Å²) < 4.78 is 0. The largest absolute Gasteiger partial charge is 0.387 e. The van der Waals surface area contributed by atoms with Gasteiger partial charge in [0.25, 0.3) is 0 Å². The maximum absolute atomic E-state index is 10.5. The van der Waals surface area contributed by atoms with Crippen LogP contribution in [0.2, 0.25) is 0 Å². The summed E-state index contributed by atoms with van der Waals surface area (Å²) in [5, 5.41) is 10.5. The van der Waals surface area contributed by atoms with Gasteiger partial charge < -0.3 is 10.0 Å². The number of likely N-dealkylation sites (N-methyl/N-ethyl adjacent to an activating group) is 1. The molecule has 0 aliphatic carbocycles. The van der Waals surface area contributed by atoms with Gasteiger partial charge in [0.2, 0.25) is 0 Å². The summed E-state index contributed by atoms with van der Waals surface area (Å²) in [6.45, 7) is 7.33. The summed E-state index contributed by atoms with van der Waals surface area (Å²) in [4.78, 5) is 4.69. The number of nitrogens with zero attached hydrogens (tertiary/aromatic N) is 2. The highest BCUT2D eigenvalue weighted by Gasteiger charge is 2.26. The van der Waals surface area contributed by atoms with Gasteiger partial charge in [-0.25, -0.2) is 0 Å². The monoisotopic (exact) mass is 290 g/mol. The number of aliphatic hydroxyl groups is 1. The minimum atomic E-state index is -0.381. The van der Waals surface area contributed by atoms with Crippen molar-refractivity contribution in [2.75, 3.05) is 33.7 Å². The summed E-state index contributed by atoms with van der Waals surface area (Å²) in [5.41, 5.74) is 2.37. The van der Waals surface area contributed by atoms with Crippen molar-refractivity contribution in [2.24, 2.45) is 0 Å². The lowest BCUT2D eigenvalue weighted by Crippen LogP contribution is -2.39. The Labute approximate surface area is 129 Å². The zero-order valence-electron chi connectivity index (χ0n) is 13.9. The first-order chi connectivity index (χ1) is 9.97. The van der Waals surface area contributed by atoms with E-state index in [0.717, 1.165) is 25.2 Å². The van der Waals surface area contributed by atoms with Crippen LogP contribution in [0.25, 0.3) is 0 Å². The Morgan fingerprint density at radius 2 is 1.81 bits per heavy atom. The predicted molar refractivity (Wildman–Crippen MR) is 88.6 cm³/mol. The van der Waals surface area contributed by atoms with E-state index in [0.29, 0.717) is 12.0 Å². The van der Waals surface area contributed by atoms with Gasteiger partial charge in [0.15, 0.2) is 0 Å².